The number of carbonyl (C=O) groups is 3. The van der Waals surface area contributed by atoms with E-state index in [0.717, 1.165) is 36.9 Å². The third kappa shape index (κ3) is 8.54. The summed E-state index contributed by atoms with van der Waals surface area (Å²) in [6.07, 6.45) is 4.77. The van der Waals surface area contributed by atoms with E-state index < -0.39 is 6.04 Å². The third-order valence-corrected chi connectivity index (χ3v) is 8.22. The van der Waals surface area contributed by atoms with Crippen LogP contribution < -0.4 is 10.6 Å². The standard InChI is InChI=1S/C35H50N4O3/c1-23(2)31(21-26(7)33(40)36-29-18-14-17-28(22-29)27-15-10-9-11-16-27)38(8)35(42)32(24(3)4)37-34(41)30-19-12-13-20-39(30)25(5)6/h9-11,14-18,21-25,30-32H,12-13,19-20H2,1-8H3,(H,36,40)(H,37,41)/t30-,31?,32+/m1/s1. The topological polar surface area (TPSA) is 81.8 Å². The zero-order chi connectivity index (χ0) is 31.0. The summed E-state index contributed by atoms with van der Waals surface area (Å²) in [5.41, 5.74) is 3.33. The first kappa shape index (κ1) is 33.1. The molecular formula is C35H50N4O3. The highest BCUT2D eigenvalue weighted by Gasteiger charge is 2.36. The smallest absolute Gasteiger partial charge is 0.251 e. The van der Waals surface area contributed by atoms with Crippen molar-refractivity contribution < 1.29 is 14.4 Å². The molecule has 0 aliphatic carbocycles. The minimum atomic E-state index is -0.650. The zero-order valence-corrected chi connectivity index (χ0v) is 26.7. The van der Waals surface area contributed by atoms with Gasteiger partial charge in [0.2, 0.25) is 11.8 Å². The lowest BCUT2D eigenvalue weighted by Crippen LogP contribution is -2.58. The molecule has 0 saturated carbocycles. The maximum atomic E-state index is 13.8. The molecule has 42 heavy (non-hydrogen) atoms. The van der Waals surface area contributed by atoms with Gasteiger partial charge in [0, 0.05) is 24.4 Å². The van der Waals surface area contributed by atoms with Gasteiger partial charge in [-0.25, -0.2) is 0 Å². The largest absolute Gasteiger partial charge is 0.343 e. The van der Waals surface area contributed by atoms with Crippen molar-refractivity contribution in [3.05, 3.63) is 66.2 Å². The van der Waals surface area contributed by atoms with Crippen LogP contribution in [0.5, 0.6) is 0 Å². The van der Waals surface area contributed by atoms with Crippen molar-refractivity contribution in [1.82, 2.24) is 15.1 Å². The second kappa shape index (κ2) is 15.1. The molecule has 0 bridgehead atoms. The van der Waals surface area contributed by atoms with Crippen LogP contribution in [0.2, 0.25) is 0 Å². The van der Waals surface area contributed by atoms with Crippen molar-refractivity contribution in [2.24, 2.45) is 11.8 Å². The summed E-state index contributed by atoms with van der Waals surface area (Å²) in [4.78, 5) is 44.4. The number of amides is 3. The fourth-order valence-corrected chi connectivity index (χ4v) is 5.70. The molecule has 1 saturated heterocycles. The summed E-state index contributed by atoms with van der Waals surface area (Å²) in [5.74, 6) is -0.469. The summed E-state index contributed by atoms with van der Waals surface area (Å²) in [6, 6.07) is 16.9. The lowest BCUT2D eigenvalue weighted by Gasteiger charge is -2.39. The molecule has 3 rings (SSSR count). The van der Waals surface area contributed by atoms with Gasteiger partial charge in [-0.15, -0.1) is 0 Å². The first-order chi connectivity index (χ1) is 19.9. The molecule has 3 atom stereocenters. The number of anilines is 1. The Labute approximate surface area is 252 Å². The number of hydrogen-bond acceptors (Lipinski definition) is 4. The molecule has 1 heterocycles. The van der Waals surface area contributed by atoms with Crippen LogP contribution in [-0.4, -0.2) is 65.3 Å². The van der Waals surface area contributed by atoms with E-state index in [4.69, 9.17) is 0 Å². The number of nitrogens with zero attached hydrogens (tertiary/aromatic N) is 2. The van der Waals surface area contributed by atoms with Crippen LogP contribution in [0.1, 0.15) is 67.7 Å². The maximum absolute atomic E-state index is 13.8. The van der Waals surface area contributed by atoms with E-state index in [1.807, 2.05) is 88.4 Å². The number of benzene rings is 2. The van der Waals surface area contributed by atoms with E-state index in [1.165, 1.54) is 0 Å². The molecule has 7 heteroatoms. The number of piperidine rings is 1. The molecule has 2 aromatic carbocycles. The first-order valence-electron chi connectivity index (χ1n) is 15.4. The number of nitrogens with one attached hydrogen (secondary N) is 2. The monoisotopic (exact) mass is 574 g/mol. The molecule has 3 amide bonds. The zero-order valence-electron chi connectivity index (χ0n) is 26.7. The van der Waals surface area contributed by atoms with Crippen molar-refractivity contribution in [3.8, 4) is 11.1 Å². The summed E-state index contributed by atoms with van der Waals surface area (Å²) in [5, 5.41) is 6.11. The Morgan fingerprint density at radius 3 is 2.19 bits per heavy atom. The maximum Gasteiger partial charge on any atom is 0.251 e. The Kier molecular flexibility index (Phi) is 11.9. The minimum Gasteiger partial charge on any atom is -0.343 e. The second-order valence-electron chi connectivity index (χ2n) is 12.5. The van der Waals surface area contributed by atoms with E-state index in [0.29, 0.717) is 11.3 Å². The summed E-state index contributed by atoms with van der Waals surface area (Å²) < 4.78 is 0. The molecular weight excluding hydrogens is 524 g/mol. The molecule has 0 spiro atoms. The van der Waals surface area contributed by atoms with Crippen molar-refractivity contribution in [2.75, 3.05) is 18.9 Å². The molecule has 1 aliphatic heterocycles. The van der Waals surface area contributed by atoms with Crippen molar-refractivity contribution >= 4 is 23.4 Å². The number of carbonyl (C=O) groups excluding carboxylic acids is 3. The van der Waals surface area contributed by atoms with Gasteiger partial charge in [-0.1, -0.05) is 82.7 Å². The van der Waals surface area contributed by atoms with Crippen LogP contribution in [-0.2, 0) is 14.4 Å². The van der Waals surface area contributed by atoms with E-state index in [1.54, 1.807) is 18.9 Å². The van der Waals surface area contributed by atoms with Gasteiger partial charge in [0.05, 0.1) is 12.1 Å². The van der Waals surface area contributed by atoms with Crippen LogP contribution in [0.4, 0.5) is 5.69 Å². The summed E-state index contributed by atoms with van der Waals surface area (Å²) in [7, 11) is 1.76. The Bertz CT molecular complexity index is 1240. The average Bonchev–Trinajstić information content (AvgIpc) is 2.97. The summed E-state index contributed by atoms with van der Waals surface area (Å²) >= 11 is 0. The molecule has 2 aromatic rings. The molecule has 2 N–H and O–H groups in total. The highest BCUT2D eigenvalue weighted by Crippen LogP contribution is 2.24. The number of likely N-dealkylation sites (tertiary alicyclic amines) is 1. The second-order valence-corrected chi connectivity index (χ2v) is 12.5. The Balaban J connectivity index is 1.74. The van der Waals surface area contributed by atoms with E-state index in [9.17, 15) is 14.4 Å². The highest BCUT2D eigenvalue weighted by molar-refractivity contribution is 6.03. The van der Waals surface area contributed by atoms with E-state index in [-0.39, 0.29) is 47.7 Å². The van der Waals surface area contributed by atoms with Crippen LogP contribution >= 0.6 is 0 Å². The normalized spacial score (nSPS) is 17.7. The van der Waals surface area contributed by atoms with Gasteiger partial charge in [-0.2, -0.15) is 0 Å². The SMILES string of the molecule is CC(=CC(C(C)C)N(C)C(=O)[C@@H](NC(=O)[C@H]1CCCCN1C(C)C)C(C)C)C(=O)Nc1cccc(-c2ccccc2)c1. The molecule has 0 aromatic heterocycles. The van der Waals surface area contributed by atoms with Crippen LogP contribution in [0.15, 0.2) is 66.2 Å². The van der Waals surface area contributed by atoms with Crippen molar-refractivity contribution in [1.29, 1.82) is 0 Å². The molecule has 228 valence electrons. The van der Waals surface area contributed by atoms with Gasteiger partial charge in [0.1, 0.15) is 6.04 Å². The average molecular weight is 575 g/mol. The fraction of sp³-hybridized carbons (Fsp3) is 0.514. The van der Waals surface area contributed by atoms with Crippen molar-refractivity contribution in [2.45, 2.75) is 91.9 Å². The van der Waals surface area contributed by atoms with Gasteiger partial charge < -0.3 is 15.5 Å². The van der Waals surface area contributed by atoms with Gasteiger partial charge in [0.25, 0.3) is 5.91 Å². The van der Waals surface area contributed by atoms with E-state index >= 15 is 0 Å². The Hall–Kier alpha value is -3.45. The Morgan fingerprint density at radius 2 is 1.57 bits per heavy atom. The number of likely N-dealkylation sites (N-methyl/N-ethyl adjacent to an activating group) is 1. The number of rotatable bonds is 11. The molecule has 1 unspecified atom stereocenters. The van der Waals surface area contributed by atoms with Crippen LogP contribution in [0.3, 0.4) is 0 Å². The molecule has 1 fully saturated rings. The lowest BCUT2D eigenvalue weighted by atomic mass is 9.95. The van der Waals surface area contributed by atoms with Crippen molar-refractivity contribution in [3.63, 3.8) is 0 Å². The molecule has 7 nitrogen and oxygen atoms in total. The predicted octanol–water partition coefficient (Wildman–Crippen LogP) is 6.13. The number of hydrogen-bond donors (Lipinski definition) is 2. The quantitative estimate of drug-likeness (QED) is 0.317. The first-order valence-corrected chi connectivity index (χ1v) is 15.4. The lowest BCUT2D eigenvalue weighted by molar-refractivity contribution is -0.140. The van der Waals surface area contributed by atoms with Gasteiger partial charge in [-0.05, 0) is 75.3 Å². The fourth-order valence-electron chi connectivity index (χ4n) is 5.70. The van der Waals surface area contributed by atoms with E-state index in [2.05, 4.69) is 29.4 Å². The van der Waals surface area contributed by atoms with Gasteiger partial charge in [0.15, 0.2) is 0 Å². The minimum absolute atomic E-state index is 0.0569. The van der Waals surface area contributed by atoms with Crippen LogP contribution in [0.25, 0.3) is 11.1 Å². The van der Waals surface area contributed by atoms with Gasteiger partial charge >= 0.3 is 0 Å². The van der Waals surface area contributed by atoms with Gasteiger partial charge in [-0.3, -0.25) is 19.3 Å². The Morgan fingerprint density at radius 1 is 0.905 bits per heavy atom. The van der Waals surface area contributed by atoms with Crippen LogP contribution in [0, 0.1) is 11.8 Å². The predicted molar refractivity (Wildman–Crippen MR) is 172 cm³/mol. The molecule has 1 aliphatic rings. The summed E-state index contributed by atoms with van der Waals surface area (Å²) in [6.45, 7) is 14.9. The third-order valence-electron chi connectivity index (χ3n) is 8.22. The highest BCUT2D eigenvalue weighted by atomic mass is 16.2. The molecule has 0 radical (unpaired) electrons.